The molecule has 0 aliphatic carbocycles. The Morgan fingerprint density at radius 2 is 1.66 bits per heavy atom. The molecule has 2 aliphatic heterocycles. The Kier molecular flexibility index (Phi) is 7.28. The van der Waals surface area contributed by atoms with Crippen molar-refractivity contribution in [2.45, 2.75) is 58.6 Å². The predicted octanol–water partition coefficient (Wildman–Crippen LogP) is 4.00. The molecule has 0 unspecified atom stereocenters. The van der Waals surface area contributed by atoms with Gasteiger partial charge in [0.1, 0.15) is 18.0 Å². The number of ether oxygens (including phenoxy) is 2. The summed E-state index contributed by atoms with van der Waals surface area (Å²) >= 11 is 0. The molecule has 1 amide bonds. The number of likely N-dealkylation sites (tertiary alicyclic amines) is 1. The van der Waals surface area contributed by atoms with Crippen molar-refractivity contribution in [2.24, 2.45) is 0 Å². The summed E-state index contributed by atoms with van der Waals surface area (Å²) in [5.74, 6) is 0.932. The first-order valence-corrected chi connectivity index (χ1v) is 11.0. The van der Waals surface area contributed by atoms with Gasteiger partial charge in [-0.05, 0) is 65.8 Å². The van der Waals surface area contributed by atoms with E-state index in [1.165, 1.54) is 32.4 Å². The van der Waals surface area contributed by atoms with Gasteiger partial charge in [-0.15, -0.1) is 0 Å². The molecule has 0 saturated carbocycles. The fourth-order valence-corrected chi connectivity index (χ4v) is 3.97. The average Bonchev–Trinajstić information content (AvgIpc) is 2.72. The summed E-state index contributed by atoms with van der Waals surface area (Å²) in [6.07, 6.45) is 3.71. The van der Waals surface area contributed by atoms with Gasteiger partial charge in [0, 0.05) is 32.2 Å². The third kappa shape index (κ3) is 6.26. The smallest absolute Gasteiger partial charge is 0.410 e. The summed E-state index contributed by atoms with van der Waals surface area (Å²) in [4.78, 5) is 18.9. The van der Waals surface area contributed by atoms with Crippen molar-refractivity contribution in [1.29, 1.82) is 0 Å². The monoisotopic (exact) mass is 403 g/mol. The molecular formula is C23H37N3O3. The van der Waals surface area contributed by atoms with Gasteiger partial charge in [0.2, 0.25) is 0 Å². The molecule has 0 radical (unpaired) electrons. The van der Waals surface area contributed by atoms with Crippen molar-refractivity contribution in [3.8, 4) is 5.75 Å². The van der Waals surface area contributed by atoms with Crippen LogP contribution in [0.2, 0.25) is 0 Å². The molecule has 29 heavy (non-hydrogen) atoms. The molecular weight excluding hydrogens is 366 g/mol. The molecule has 2 aliphatic rings. The first-order chi connectivity index (χ1) is 13.8. The number of rotatable bonds is 5. The number of para-hydroxylation sites is 2. The molecule has 6 heteroatoms. The van der Waals surface area contributed by atoms with Gasteiger partial charge in [0.25, 0.3) is 0 Å². The Balaban J connectivity index is 1.54. The average molecular weight is 404 g/mol. The highest BCUT2D eigenvalue weighted by atomic mass is 16.6. The Hall–Kier alpha value is -1.95. The minimum absolute atomic E-state index is 0.225. The molecule has 0 aromatic heterocycles. The van der Waals surface area contributed by atoms with Gasteiger partial charge in [-0.2, -0.15) is 0 Å². The van der Waals surface area contributed by atoms with Gasteiger partial charge in [0.05, 0.1) is 5.69 Å². The zero-order valence-corrected chi connectivity index (χ0v) is 18.5. The molecule has 1 aromatic carbocycles. The van der Waals surface area contributed by atoms with E-state index >= 15 is 0 Å². The summed E-state index contributed by atoms with van der Waals surface area (Å²) in [6.45, 7) is 13.9. The Morgan fingerprint density at radius 3 is 2.31 bits per heavy atom. The van der Waals surface area contributed by atoms with E-state index in [1.54, 1.807) is 4.90 Å². The van der Waals surface area contributed by atoms with Gasteiger partial charge in [-0.3, -0.25) is 4.90 Å². The van der Waals surface area contributed by atoms with Crippen LogP contribution in [0.25, 0.3) is 0 Å². The van der Waals surface area contributed by atoms with Crippen molar-refractivity contribution >= 4 is 11.8 Å². The van der Waals surface area contributed by atoms with Crippen LogP contribution in [-0.4, -0.2) is 73.4 Å². The van der Waals surface area contributed by atoms with Crippen molar-refractivity contribution in [3.05, 3.63) is 24.3 Å². The van der Waals surface area contributed by atoms with Gasteiger partial charge in [-0.1, -0.05) is 18.6 Å². The van der Waals surface area contributed by atoms with E-state index < -0.39 is 5.60 Å². The van der Waals surface area contributed by atoms with Crippen LogP contribution < -0.4 is 9.64 Å². The van der Waals surface area contributed by atoms with Gasteiger partial charge in [-0.25, -0.2) is 4.79 Å². The number of nitrogens with zero attached hydrogens (tertiary/aromatic N) is 3. The molecule has 6 nitrogen and oxygen atoms in total. The maximum Gasteiger partial charge on any atom is 0.410 e. The lowest BCUT2D eigenvalue weighted by Gasteiger charge is -2.37. The Bertz CT molecular complexity index is 660. The van der Waals surface area contributed by atoms with E-state index in [0.29, 0.717) is 25.7 Å². The molecule has 0 bridgehead atoms. The highest BCUT2D eigenvalue weighted by molar-refractivity contribution is 5.69. The summed E-state index contributed by atoms with van der Waals surface area (Å²) in [5.41, 5.74) is 0.655. The molecule has 3 rings (SSSR count). The molecule has 2 saturated heterocycles. The second-order valence-corrected chi connectivity index (χ2v) is 9.18. The largest absolute Gasteiger partial charge is 0.490 e. The van der Waals surface area contributed by atoms with E-state index in [9.17, 15) is 4.79 Å². The number of benzene rings is 1. The number of piperazine rings is 1. The van der Waals surface area contributed by atoms with Gasteiger partial charge in [0.15, 0.2) is 0 Å². The van der Waals surface area contributed by atoms with Crippen LogP contribution in [0.1, 0.15) is 47.0 Å². The quantitative estimate of drug-likeness (QED) is 0.744. The second-order valence-electron chi connectivity index (χ2n) is 9.18. The summed E-state index contributed by atoms with van der Waals surface area (Å²) in [7, 11) is 0. The van der Waals surface area contributed by atoms with Crippen LogP contribution in [0.3, 0.4) is 0 Å². The van der Waals surface area contributed by atoms with Crippen LogP contribution in [0.4, 0.5) is 10.5 Å². The second kappa shape index (κ2) is 9.70. The fourth-order valence-electron chi connectivity index (χ4n) is 3.97. The molecule has 162 valence electrons. The summed E-state index contributed by atoms with van der Waals surface area (Å²) < 4.78 is 11.8. The van der Waals surface area contributed by atoms with Crippen LogP contribution in [0.5, 0.6) is 5.75 Å². The topological polar surface area (TPSA) is 45.3 Å². The Morgan fingerprint density at radius 1 is 1.00 bits per heavy atom. The molecule has 2 heterocycles. The van der Waals surface area contributed by atoms with Gasteiger partial charge >= 0.3 is 6.09 Å². The predicted molar refractivity (Wildman–Crippen MR) is 117 cm³/mol. The van der Waals surface area contributed by atoms with Crippen molar-refractivity contribution in [1.82, 2.24) is 9.80 Å². The van der Waals surface area contributed by atoms with E-state index in [-0.39, 0.29) is 6.09 Å². The highest BCUT2D eigenvalue weighted by Crippen LogP contribution is 2.29. The Labute approximate surface area is 175 Å². The lowest BCUT2D eigenvalue weighted by atomic mass is 10.1. The molecule has 1 aromatic rings. The van der Waals surface area contributed by atoms with Crippen molar-refractivity contribution in [2.75, 3.05) is 50.8 Å². The number of anilines is 1. The van der Waals surface area contributed by atoms with Crippen molar-refractivity contribution in [3.63, 3.8) is 0 Å². The standard InChI is InChI=1S/C23H37N3O3/c1-19(24-12-8-5-9-13-24)18-28-21-11-7-6-10-20(21)25-14-16-26(17-15-25)22(27)29-23(2,3)4/h6-7,10-11,19H,5,8-9,12-18H2,1-4H3/t19-/m1/s1. The molecule has 2 fully saturated rings. The zero-order valence-electron chi connectivity index (χ0n) is 18.5. The van der Waals surface area contributed by atoms with Crippen LogP contribution >= 0.6 is 0 Å². The van der Waals surface area contributed by atoms with E-state index in [4.69, 9.17) is 9.47 Å². The number of carbonyl (C=O) groups excluding carboxylic acids is 1. The van der Waals surface area contributed by atoms with Crippen LogP contribution in [0.15, 0.2) is 24.3 Å². The summed E-state index contributed by atoms with van der Waals surface area (Å²) in [6, 6.07) is 8.67. The maximum atomic E-state index is 12.3. The zero-order chi connectivity index (χ0) is 20.9. The maximum absolute atomic E-state index is 12.3. The van der Waals surface area contributed by atoms with Gasteiger partial charge < -0.3 is 19.3 Å². The number of hydrogen-bond acceptors (Lipinski definition) is 5. The summed E-state index contributed by atoms with van der Waals surface area (Å²) in [5, 5.41) is 0. The number of amides is 1. The normalized spacial score (nSPS) is 19.7. The first-order valence-electron chi connectivity index (χ1n) is 11.0. The third-order valence-corrected chi connectivity index (χ3v) is 5.63. The lowest BCUT2D eigenvalue weighted by Crippen LogP contribution is -2.50. The molecule has 0 spiro atoms. The number of piperidine rings is 1. The van der Waals surface area contributed by atoms with Crippen LogP contribution in [-0.2, 0) is 4.74 Å². The van der Waals surface area contributed by atoms with E-state index in [0.717, 1.165) is 24.5 Å². The van der Waals surface area contributed by atoms with Crippen LogP contribution in [0, 0.1) is 0 Å². The molecule has 0 N–H and O–H groups in total. The highest BCUT2D eigenvalue weighted by Gasteiger charge is 2.27. The third-order valence-electron chi connectivity index (χ3n) is 5.63. The first kappa shape index (κ1) is 21.8. The molecule has 1 atom stereocenters. The van der Waals surface area contributed by atoms with E-state index in [2.05, 4.69) is 34.9 Å². The minimum atomic E-state index is -0.459. The number of hydrogen-bond donors (Lipinski definition) is 0. The van der Waals surface area contributed by atoms with E-state index in [1.807, 2.05) is 26.8 Å². The lowest BCUT2D eigenvalue weighted by molar-refractivity contribution is 0.0240. The minimum Gasteiger partial charge on any atom is -0.490 e. The van der Waals surface area contributed by atoms with Crippen molar-refractivity contribution < 1.29 is 14.3 Å². The number of carbonyl (C=O) groups is 1. The SMILES string of the molecule is C[C@H](COc1ccccc1N1CCN(C(=O)OC(C)(C)C)CC1)N1CCCCC1. The fraction of sp³-hybridized carbons (Fsp3) is 0.696.